The van der Waals surface area contributed by atoms with Gasteiger partial charge in [-0.2, -0.15) is 0 Å². The molecule has 0 aliphatic carbocycles. The van der Waals surface area contributed by atoms with Crippen LogP contribution in [0.5, 0.6) is 0 Å². The van der Waals surface area contributed by atoms with Crippen LogP contribution in [0.25, 0.3) is 0 Å². The molecule has 0 heterocycles. The van der Waals surface area contributed by atoms with Crippen LogP contribution in [0, 0.1) is 0 Å². The van der Waals surface area contributed by atoms with Crippen molar-refractivity contribution in [1.82, 2.24) is 5.32 Å². The molecule has 0 radical (unpaired) electrons. The van der Waals surface area contributed by atoms with E-state index in [1.807, 2.05) is 20.9 Å². The summed E-state index contributed by atoms with van der Waals surface area (Å²) >= 11 is 0. The molecule has 0 aromatic heterocycles. The highest BCUT2D eigenvalue weighted by Crippen LogP contribution is 2.18. The van der Waals surface area contributed by atoms with Crippen molar-refractivity contribution in [1.29, 1.82) is 0 Å². The van der Waals surface area contributed by atoms with Gasteiger partial charge in [0.2, 0.25) is 0 Å². The maximum absolute atomic E-state index is 10.9. The van der Waals surface area contributed by atoms with Crippen molar-refractivity contribution in [2.24, 2.45) is 0 Å². The van der Waals surface area contributed by atoms with Gasteiger partial charge in [0.15, 0.2) is 0 Å². The molecule has 0 atom stereocenters. The third kappa shape index (κ3) is 7.83. The third-order valence-corrected chi connectivity index (χ3v) is 2.98. The van der Waals surface area contributed by atoms with Crippen LogP contribution in [0.1, 0.15) is 53.9 Å². The highest BCUT2D eigenvalue weighted by molar-refractivity contribution is 5.75. The van der Waals surface area contributed by atoms with Gasteiger partial charge >= 0.3 is 0 Å². The Bertz CT molecular complexity index is 222. The number of hydrogen-bond donors (Lipinski definition) is 1. The zero-order chi connectivity index (χ0) is 12.8. The smallest absolute Gasteiger partial charge is 0.129 e. The number of carbonyl (C=O) groups is 1. The summed E-state index contributed by atoms with van der Waals surface area (Å²) in [6.45, 7) is 10.7. The summed E-state index contributed by atoms with van der Waals surface area (Å²) in [5.41, 5.74) is -0.0911. The standard InChI is InChI=1S/C13H27NO2/c1-11(15)7-8-13(4,5)16-10-9-12(2,3)14-6/h14H,7-10H2,1-6H3. The zero-order valence-corrected chi connectivity index (χ0v) is 11.6. The van der Waals surface area contributed by atoms with E-state index >= 15 is 0 Å². The van der Waals surface area contributed by atoms with Gasteiger partial charge in [-0.15, -0.1) is 0 Å². The van der Waals surface area contributed by atoms with Crippen LogP contribution in [0.3, 0.4) is 0 Å². The van der Waals surface area contributed by atoms with Crippen LogP contribution >= 0.6 is 0 Å². The first-order valence-corrected chi connectivity index (χ1v) is 6.01. The van der Waals surface area contributed by atoms with Gasteiger partial charge in [-0.3, -0.25) is 0 Å². The van der Waals surface area contributed by atoms with Gasteiger partial charge in [0.05, 0.1) is 5.60 Å². The van der Waals surface area contributed by atoms with Gasteiger partial charge in [-0.05, 0) is 54.5 Å². The number of Topliss-reactive ketones (excluding diaryl/α,β-unsaturated/α-hetero) is 1. The molecule has 0 unspecified atom stereocenters. The van der Waals surface area contributed by atoms with E-state index in [2.05, 4.69) is 19.2 Å². The fraction of sp³-hybridized carbons (Fsp3) is 0.923. The molecule has 0 saturated heterocycles. The Hall–Kier alpha value is -0.410. The third-order valence-electron chi connectivity index (χ3n) is 2.98. The highest BCUT2D eigenvalue weighted by Gasteiger charge is 2.21. The molecule has 1 N–H and O–H groups in total. The Morgan fingerprint density at radius 2 is 1.75 bits per heavy atom. The highest BCUT2D eigenvalue weighted by atomic mass is 16.5. The first kappa shape index (κ1) is 15.6. The molecule has 3 heteroatoms. The van der Waals surface area contributed by atoms with Gasteiger partial charge in [0, 0.05) is 18.6 Å². The predicted molar refractivity (Wildman–Crippen MR) is 67.7 cm³/mol. The molecule has 96 valence electrons. The average Bonchev–Trinajstić information content (AvgIpc) is 2.14. The van der Waals surface area contributed by atoms with E-state index in [1.54, 1.807) is 6.92 Å². The van der Waals surface area contributed by atoms with Crippen LogP contribution in [0.15, 0.2) is 0 Å². The normalized spacial score (nSPS) is 12.9. The van der Waals surface area contributed by atoms with Crippen LogP contribution in [0.2, 0.25) is 0 Å². The quantitative estimate of drug-likeness (QED) is 0.695. The molecule has 0 amide bonds. The Balaban J connectivity index is 3.86. The second-order valence-corrected chi connectivity index (χ2v) is 5.69. The Morgan fingerprint density at radius 3 is 2.19 bits per heavy atom. The van der Waals surface area contributed by atoms with Crippen molar-refractivity contribution in [3.05, 3.63) is 0 Å². The van der Waals surface area contributed by atoms with Crippen LogP contribution in [0.4, 0.5) is 0 Å². The summed E-state index contributed by atoms with van der Waals surface area (Å²) in [4.78, 5) is 10.9. The van der Waals surface area contributed by atoms with E-state index in [0.29, 0.717) is 6.42 Å². The molecular formula is C13H27NO2. The van der Waals surface area contributed by atoms with Gasteiger partial charge in [-0.25, -0.2) is 0 Å². The molecule has 0 aromatic carbocycles. The summed E-state index contributed by atoms with van der Waals surface area (Å²) in [6, 6.07) is 0. The molecule has 0 aromatic rings. The first-order valence-electron chi connectivity index (χ1n) is 6.01. The number of rotatable bonds is 8. The van der Waals surface area contributed by atoms with Gasteiger partial charge < -0.3 is 14.8 Å². The zero-order valence-electron chi connectivity index (χ0n) is 11.6. The predicted octanol–water partition coefficient (Wildman–Crippen LogP) is 2.54. The van der Waals surface area contributed by atoms with Crippen molar-refractivity contribution in [3.63, 3.8) is 0 Å². The lowest BCUT2D eigenvalue weighted by molar-refractivity contribution is -0.118. The van der Waals surface area contributed by atoms with Crippen molar-refractivity contribution in [2.45, 2.75) is 65.0 Å². The molecule has 0 aliphatic rings. The fourth-order valence-corrected chi connectivity index (χ4v) is 1.26. The lowest BCUT2D eigenvalue weighted by Crippen LogP contribution is -2.38. The van der Waals surface area contributed by atoms with E-state index in [4.69, 9.17) is 4.74 Å². The lowest BCUT2D eigenvalue weighted by Gasteiger charge is -2.29. The number of nitrogens with one attached hydrogen (secondary N) is 1. The fourth-order valence-electron chi connectivity index (χ4n) is 1.26. The first-order chi connectivity index (χ1) is 7.18. The summed E-state index contributed by atoms with van der Waals surface area (Å²) in [6.07, 6.45) is 2.36. The van der Waals surface area contributed by atoms with E-state index in [-0.39, 0.29) is 16.9 Å². The minimum atomic E-state index is -0.199. The summed E-state index contributed by atoms with van der Waals surface area (Å²) in [5, 5.41) is 3.24. The van der Waals surface area contributed by atoms with Gasteiger partial charge in [0.1, 0.15) is 5.78 Å². The van der Waals surface area contributed by atoms with E-state index in [0.717, 1.165) is 19.4 Å². The monoisotopic (exact) mass is 229 g/mol. The summed E-state index contributed by atoms with van der Waals surface area (Å²) in [5.74, 6) is 0.229. The van der Waals surface area contributed by atoms with Crippen molar-refractivity contribution < 1.29 is 9.53 Å². The number of hydrogen-bond acceptors (Lipinski definition) is 3. The molecule has 0 fully saturated rings. The second kappa shape index (κ2) is 6.36. The van der Waals surface area contributed by atoms with E-state index < -0.39 is 0 Å². The van der Waals surface area contributed by atoms with Crippen molar-refractivity contribution in [3.8, 4) is 0 Å². The molecule has 0 saturated carbocycles. The largest absolute Gasteiger partial charge is 0.375 e. The minimum Gasteiger partial charge on any atom is -0.375 e. The van der Waals surface area contributed by atoms with Crippen LogP contribution < -0.4 is 5.32 Å². The molecule has 0 rings (SSSR count). The Morgan fingerprint density at radius 1 is 1.19 bits per heavy atom. The number of ether oxygens (including phenoxy) is 1. The van der Waals surface area contributed by atoms with Gasteiger partial charge in [0.25, 0.3) is 0 Å². The molecule has 0 spiro atoms. The maximum atomic E-state index is 10.9. The molecule has 16 heavy (non-hydrogen) atoms. The van der Waals surface area contributed by atoms with Crippen molar-refractivity contribution in [2.75, 3.05) is 13.7 Å². The number of ketones is 1. The lowest BCUT2D eigenvalue weighted by atomic mass is 9.99. The van der Waals surface area contributed by atoms with Crippen LogP contribution in [-0.2, 0) is 9.53 Å². The SMILES string of the molecule is CNC(C)(C)CCOC(C)(C)CCC(C)=O. The van der Waals surface area contributed by atoms with Gasteiger partial charge in [-0.1, -0.05) is 0 Å². The Kier molecular flexibility index (Phi) is 6.19. The average molecular weight is 229 g/mol. The molecule has 3 nitrogen and oxygen atoms in total. The minimum absolute atomic E-state index is 0.108. The molecular weight excluding hydrogens is 202 g/mol. The second-order valence-electron chi connectivity index (χ2n) is 5.69. The summed E-state index contributed by atoms with van der Waals surface area (Å²) < 4.78 is 5.83. The van der Waals surface area contributed by atoms with Crippen LogP contribution in [-0.4, -0.2) is 30.6 Å². The number of carbonyl (C=O) groups excluding carboxylic acids is 1. The topological polar surface area (TPSA) is 38.3 Å². The van der Waals surface area contributed by atoms with E-state index in [9.17, 15) is 4.79 Å². The van der Waals surface area contributed by atoms with E-state index in [1.165, 1.54) is 0 Å². The summed E-state index contributed by atoms with van der Waals surface area (Å²) in [7, 11) is 1.96. The molecule has 0 aliphatic heterocycles. The maximum Gasteiger partial charge on any atom is 0.129 e. The Labute approximate surface area is 99.9 Å². The molecule has 0 bridgehead atoms. The van der Waals surface area contributed by atoms with Crippen molar-refractivity contribution >= 4 is 5.78 Å².